The molecule has 0 aliphatic carbocycles. The van der Waals surface area contributed by atoms with Crippen molar-refractivity contribution in [1.82, 2.24) is 0 Å². The van der Waals surface area contributed by atoms with Gasteiger partial charge in [0.2, 0.25) is 0 Å². The molecule has 1 aromatic carbocycles. The summed E-state index contributed by atoms with van der Waals surface area (Å²) in [5.41, 5.74) is 1.42. The van der Waals surface area contributed by atoms with Crippen molar-refractivity contribution < 1.29 is 5.11 Å². The second-order valence-corrected chi connectivity index (χ2v) is 5.10. The van der Waals surface area contributed by atoms with Crippen LogP contribution in [0.3, 0.4) is 0 Å². The molecule has 0 atom stereocenters. The molecule has 0 saturated carbocycles. The van der Waals surface area contributed by atoms with Gasteiger partial charge in [0.25, 0.3) is 0 Å². The molecule has 0 spiro atoms. The van der Waals surface area contributed by atoms with Gasteiger partial charge in [-0.1, -0.05) is 56.5 Å². The van der Waals surface area contributed by atoms with Crippen LogP contribution < -0.4 is 0 Å². The van der Waals surface area contributed by atoms with Crippen LogP contribution in [0.25, 0.3) is 0 Å². The van der Waals surface area contributed by atoms with Gasteiger partial charge in [-0.2, -0.15) is 0 Å². The Hall–Kier alpha value is -0.470. The van der Waals surface area contributed by atoms with E-state index in [0.717, 1.165) is 4.90 Å². The Morgan fingerprint density at radius 1 is 1.00 bits per heavy atom. The van der Waals surface area contributed by atoms with E-state index < -0.39 is 0 Å². The fourth-order valence-electron chi connectivity index (χ4n) is 1.76. The zero-order valence-corrected chi connectivity index (χ0v) is 10.9. The molecule has 0 radical (unpaired) electrons. The molecule has 1 rings (SSSR count). The molecule has 1 nitrogen and oxygen atoms in total. The van der Waals surface area contributed by atoms with Crippen LogP contribution in [0.15, 0.2) is 29.2 Å². The zero-order valence-electron chi connectivity index (χ0n) is 10.1. The van der Waals surface area contributed by atoms with Gasteiger partial charge in [-0.15, -0.1) is 0 Å². The Balaban J connectivity index is 2.21. The van der Waals surface area contributed by atoms with Crippen molar-refractivity contribution in [2.45, 2.75) is 50.3 Å². The van der Waals surface area contributed by atoms with Crippen LogP contribution in [0, 0.1) is 0 Å². The molecule has 0 aliphatic rings. The van der Waals surface area contributed by atoms with Gasteiger partial charge in [0.05, 0.1) is 5.94 Å². The summed E-state index contributed by atoms with van der Waals surface area (Å²) in [7, 11) is 0. The summed E-state index contributed by atoms with van der Waals surface area (Å²) >= 11 is 1.47. The highest BCUT2D eigenvalue weighted by atomic mass is 32.2. The van der Waals surface area contributed by atoms with Crippen LogP contribution in [-0.4, -0.2) is 11.0 Å². The minimum Gasteiger partial charge on any atom is -0.385 e. The standard InChI is InChI=1S/C14H22OS/c1-2-3-4-5-6-7-13-8-10-14(11-9-13)16-12-15/h8-11,15H,2-7,12H2,1H3. The maximum atomic E-state index is 8.78. The Morgan fingerprint density at radius 2 is 1.69 bits per heavy atom. The van der Waals surface area contributed by atoms with E-state index in [4.69, 9.17) is 5.11 Å². The third-order valence-corrected chi connectivity index (χ3v) is 3.46. The van der Waals surface area contributed by atoms with Crippen molar-refractivity contribution in [3.05, 3.63) is 29.8 Å². The third-order valence-electron chi connectivity index (χ3n) is 2.72. The predicted molar refractivity (Wildman–Crippen MR) is 71.8 cm³/mol. The Labute approximate surface area is 103 Å². The first-order chi connectivity index (χ1) is 7.86. The van der Waals surface area contributed by atoms with Crippen molar-refractivity contribution >= 4 is 11.8 Å². The monoisotopic (exact) mass is 238 g/mol. The minimum absolute atomic E-state index is 0.163. The number of unbranched alkanes of at least 4 members (excludes halogenated alkanes) is 4. The van der Waals surface area contributed by atoms with E-state index in [1.165, 1.54) is 55.9 Å². The Morgan fingerprint density at radius 3 is 2.31 bits per heavy atom. The van der Waals surface area contributed by atoms with Crippen molar-refractivity contribution in [2.24, 2.45) is 0 Å². The normalized spacial score (nSPS) is 10.6. The lowest BCUT2D eigenvalue weighted by Crippen LogP contribution is -1.86. The van der Waals surface area contributed by atoms with Gasteiger partial charge in [-0.3, -0.25) is 0 Å². The summed E-state index contributed by atoms with van der Waals surface area (Å²) in [5, 5.41) is 8.78. The molecule has 0 saturated heterocycles. The topological polar surface area (TPSA) is 20.2 Å². The lowest BCUT2D eigenvalue weighted by Gasteiger charge is -2.03. The van der Waals surface area contributed by atoms with Crippen LogP contribution in [0.5, 0.6) is 0 Å². The smallest absolute Gasteiger partial charge is 0.0932 e. The van der Waals surface area contributed by atoms with Gasteiger partial charge in [0.15, 0.2) is 0 Å². The zero-order chi connectivity index (χ0) is 11.6. The third kappa shape index (κ3) is 5.57. The molecule has 1 aromatic rings. The van der Waals surface area contributed by atoms with Crippen LogP contribution in [0.2, 0.25) is 0 Å². The van der Waals surface area contributed by atoms with Gasteiger partial charge >= 0.3 is 0 Å². The fourth-order valence-corrected chi connectivity index (χ4v) is 2.24. The van der Waals surface area contributed by atoms with Gasteiger partial charge in [-0.05, 0) is 30.5 Å². The van der Waals surface area contributed by atoms with Gasteiger partial charge in [0, 0.05) is 4.90 Å². The molecule has 0 fully saturated rings. The van der Waals surface area contributed by atoms with Crippen molar-refractivity contribution in [2.75, 3.05) is 5.94 Å². The van der Waals surface area contributed by atoms with Crippen molar-refractivity contribution in [1.29, 1.82) is 0 Å². The van der Waals surface area contributed by atoms with E-state index in [-0.39, 0.29) is 5.94 Å². The highest BCUT2D eigenvalue weighted by molar-refractivity contribution is 7.99. The van der Waals surface area contributed by atoms with E-state index in [1.807, 2.05) is 0 Å². The molecule has 0 aliphatic heterocycles. The summed E-state index contributed by atoms with van der Waals surface area (Å²) in [6.45, 7) is 2.25. The number of hydrogen-bond acceptors (Lipinski definition) is 2. The highest BCUT2D eigenvalue weighted by Gasteiger charge is 1.95. The van der Waals surface area contributed by atoms with Gasteiger partial charge in [0.1, 0.15) is 0 Å². The lowest BCUT2D eigenvalue weighted by molar-refractivity contribution is 0.375. The summed E-state index contributed by atoms with van der Waals surface area (Å²) in [6.07, 6.45) is 7.88. The van der Waals surface area contributed by atoms with Gasteiger partial charge in [-0.25, -0.2) is 0 Å². The van der Waals surface area contributed by atoms with Crippen LogP contribution in [0.4, 0.5) is 0 Å². The van der Waals surface area contributed by atoms with Crippen LogP contribution in [-0.2, 0) is 6.42 Å². The molecule has 2 heteroatoms. The molecule has 0 aromatic heterocycles. The quantitative estimate of drug-likeness (QED) is 0.415. The Bertz CT molecular complexity index is 269. The number of benzene rings is 1. The fraction of sp³-hybridized carbons (Fsp3) is 0.571. The first kappa shape index (κ1) is 13.6. The molecule has 90 valence electrons. The van der Waals surface area contributed by atoms with Crippen LogP contribution >= 0.6 is 11.8 Å². The van der Waals surface area contributed by atoms with E-state index in [1.54, 1.807) is 0 Å². The molecule has 16 heavy (non-hydrogen) atoms. The molecule has 0 amide bonds. The summed E-state index contributed by atoms with van der Waals surface area (Å²) in [6, 6.07) is 8.56. The van der Waals surface area contributed by atoms with E-state index in [0.29, 0.717) is 0 Å². The number of thioether (sulfide) groups is 1. The second kappa shape index (κ2) is 8.66. The average Bonchev–Trinajstić information content (AvgIpc) is 2.31. The molecule has 0 heterocycles. The van der Waals surface area contributed by atoms with E-state index in [9.17, 15) is 0 Å². The van der Waals surface area contributed by atoms with Crippen molar-refractivity contribution in [3.8, 4) is 0 Å². The van der Waals surface area contributed by atoms with E-state index >= 15 is 0 Å². The number of aliphatic hydroxyl groups is 1. The molecular formula is C14H22OS. The average molecular weight is 238 g/mol. The summed E-state index contributed by atoms with van der Waals surface area (Å²) < 4.78 is 0. The number of aryl methyl sites for hydroxylation is 1. The SMILES string of the molecule is CCCCCCCc1ccc(SCO)cc1. The van der Waals surface area contributed by atoms with Gasteiger partial charge < -0.3 is 5.11 Å². The number of hydrogen-bond donors (Lipinski definition) is 1. The summed E-state index contributed by atoms with van der Waals surface area (Å²) in [4.78, 5) is 1.15. The van der Waals surface area contributed by atoms with Crippen LogP contribution in [0.1, 0.15) is 44.6 Å². The second-order valence-electron chi connectivity index (χ2n) is 4.08. The largest absolute Gasteiger partial charge is 0.385 e. The maximum Gasteiger partial charge on any atom is 0.0932 e. The maximum absolute atomic E-state index is 8.78. The first-order valence-electron chi connectivity index (χ1n) is 6.19. The molecule has 0 unspecified atom stereocenters. The lowest BCUT2D eigenvalue weighted by atomic mass is 10.1. The molecular weight excluding hydrogens is 216 g/mol. The summed E-state index contributed by atoms with van der Waals surface area (Å²) in [5.74, 6) is 0.163. The van der Waals surface area contributed by atoms with E-state index in [2.05, 4.69) is 31.2 Å². The minimum atomic E-state index is 0.163. The number of rotatable bonds is 8. The highest BCUT2D eigenvalue weighted by Crippen LogP contribution is 2.18. The Kier molecular flexibility index (Phi) is 7.35. The van der Waals surface area contributed by atoms with Crippen molar-refractivity contribution in [3.63, 3.8) is 0 Å². The predicted octanol–water partition coefficient (Wildman–Crippen LogP) is 4.24. The molecule has 1 N–H and O–H groups in total. The molecule has 0 bridgehead atoms. The number of aliphatic hydroxyl groups excluding tert-OH is 1. The first-order valence-corrected chi connectivity index (χ1v) is 7.18.